The molecule has 1 aliphatic heterocycles. The highest BCUT2D eigenvalue weighted by molar-refractivity contribution is 9.10. The minimum absolute atomic E-state index is 0.147. The van der Waals surface area contributed by atoms with E-state index in [9.17, 15) is 4.79 Å². The maximum atomic E-state index is 13.1. The van der Waals surface area contributed by atoms with E-state index in [1.165, 1.54) is 0 Å². The van der Waals surface area contributed by atoms with Gasteiger partial charge in [-0.2, -0.15) is 0 Å². The van der Waals surface area contributed by atoms with Crippen molar-refractivity contribution in [2.75, 3.05) is 5.32 Å². The van der Waals surface area contributed by atoms with Crippen molar-refractivity contribution in [3.05, 3.63) is 74.9 Å². The lowest BCUT2D eigenvalue weighted by molar-refractivity contribution is -0.113. The Labute approximate surface area is 167 Å². The second-order valence-electron chi connectivity index (χ2n) is 6.39. The summed E-state index contributed by atoms with van der Waals surface area (Å²) in [5.74, 6) is -0.147. The number of rotatable bonds is 3. The van der Waals surface area contributed by atoms with Crippen molar-refractivity contribution in [1.29, 1.82) is 0 Å². The van der Waals surface area contributed by atoms with Crippen molar-refractivity contribution < 1.29 is 4.79 Å². The number of thiocarbonyl (C=S) groups is 1. The Hall–Kier alpha value is -2.18. The minimum Gasteiger partial charge on any atom is -0.351 e. The molecule has 0 saturated carbocycles. The first-order valence-corrected chi connectivity index (χ1v) is 9.47. The quantitative estimate of drug-likeness (QED) is 0.628. The van der Waals surface area contributed by atoms with E-state index in [2.05, 4.69) is 31.9 Å². The first-order valence-electron chi connectivity index (χ1n) is 8.27. The molecule has 0 aromatic heterocycles. The number of aryl methyl sites for hydroxylation is 2. The van der Waals surface area contributed by atoms with Crippen LogP contribution in [0.1, 0.15) is 29.7 Å². The van der Waals surface area contributed by atoms with E-state index in [-0.39, 0.29) is 11.9 Å². The number of allylic oxidation sites excluding steroid dienone is 1. The van der Waals surface area contributed by atoms with Gasteiger partial charge in [0, 0.05) is 15.9 Å². The number of hydrogen-bond acceptors (Lipinski definition) is 2. The molecular weight excluding hydrogens is 410 g/mol. The second-order valence-corrected chi connectivity index (χ2v) is 7.72. The fourth-order valence-corrected chi connectivity index (χ4v) is 3.50. The Morgan fingerprint density at radius 2 is 1.81 bits per heavy atom. The molecule has 0 radical (unpaired) electrons. The van der Waals surface area contributed by atoms with Crippen LogP contribution >= 0.6 is 28.1 Å². The van der Waals surface area contributed by atoms with Gasteiger partial charge in [0.25, 0.3) is 5.91 Å². The molecule has 0 unspecified atom stereocenters. The van der Waals surface area contributed by atoms with E-state index in [1.54, 1.807) is 0 Å². The molecule has 134 valence electrons. The van der Waals surface area contributed by atoms with Crippen LogP contribution in [0.15, 0.2) is 58.2 Å². The molecule has 0 saturated heterocycles. The molecule has 0 bridgehead atoms. The van der Waals surface area contributed by atoms with Gasteiger partial charge >= 0.3 is 0 Å². The Morgan fingerprint density at radius 3 is 2.50 bits per heavy atom. The van der Waals surface area contributed by atoms with Crippen LogP contribution in [0.3, 0.4) is 0 Å². The van der Waals surface area contributed by atoms with Crippen LogP contribution < -0.4 is 16.0 Å². The molecule has 3 N–H and O–H groups in total. The maximum absolute atomic E-state index is 13.1. The zero-order valence-electron chi connectivity index (χ0n) is 14.8. The van der Waals surface area contributed by atoms with Gasteiger partial charge in [-0.25, -0.2) is 0 Å². The van der Waals surface area contributed by atoms with Gasteiger partial charge in [-0.3, -0.25) is 4.79 Å². The number of halogens is 1. The van der Waals surface area contributed by atoms with E-state index in [0.29, 0.717) is 10.7 Å². The van der Waals surface area contributed by atoms with Gasteiger partial charge in [-0.05, 0) is 67.9 Å². The molecule has 4 nitrogen and oxygen atoms in total. The normalized spacial score (nSPS) is 16.8. The van der Waals surface area contributed by atoms with E-state index >= 15 is 0 Å². The van der Waals surface area contributed by atoms with Crippen LogP contribution in [0.5, 0.6) is 0 Å². The molecule has 2 aromatic carbocycles. The molecule has 1 amide bonds. The van der Waals surface area contributed by atoms with E-state index in [4.69, 9.17) is 12.2 Å². The largest absolute Gasteiger partial charge is 0.351 e. The summed E-state index contributed by atoms with van der Waals surface area (Å²) in [5, 5.41) is 9.84. The average molecular weight is 430 g/mol. The molecule has 6 heteroatoms. The monoisotopic (exact) mass is 429 g/mol. The highest BCUT2D eigenvalue weighted by atomic mass is 79.9. The molecule has 1 aliphatic rings. The van der Waals surface area contributed by atoms with Gasteiger partial charge in [-0.15, -0.1) is 0 Å². The summed E-state index contributed by atoms with van der Waals surface area (Å²) in [6.07, 6.45) is 0. The van der Waals surface area contributed by atoms with Crippen molar-refractivity contribution in [1.82, 2.24) is 10.6 Å². The highest BCUT2D eigenvalue weighted by Gasteiger charge is 2.30. The minimum atomic E-state index is -0.304. The number of carbonyl (C=O) groups is 1. The SMILES string of the molecule is CC1=C(C(=O)Nc2cc(C)ccc2C)[C@H](c2ccc(Br)cc2)NC(=S)N1. The van der Waals surface area contributed by atoms with Crippen molar-refractivity contribution >= 4 is 44.9 Å². The zero-order chi connectivity index (χ0) is 18.8. The molecule has 3 rings (SSSR count). The topological polar surface area (TPSA) is 53.2 Å². The van der Waals surface area contributed by atoms with Crippen LogP contribution in [0.4, 0.5) is 5.69 Å². The smallest absolute Gasteiger partial charge is 0.255 e. The van der Waals surface area contributed by atoms with Gasteiger partial charge in [0.2, 0.25) is 0 Å². The molecular formula is C20H20BrN3OS. The van der Waals surface area contributed by atoms with Gasteiger partial charge in [-0.1, -0.05) is 40.2 Å². The number of nitrogens with one attached hydrogen (secondary N) is 3. The first-order chi connectivity index (χ1) is 12.3. The molecule has 1 atom stereocenters. The molecule has 2 aromatic rings. The van der Waals surface area contributed by atoms with Gasteiger partial charge in [0.1, 0.15) is 0 Å². The summed E-state index contributed by atoms with van der Waals surface area (Å²) < 4.78 is 0.986. The predicted octanol–water partition coefficient (Wildman–Crippen LogP) is 4.50. The lowest BCUT2D eigenvalue weighted by Crippen LogP contribution is -2.45. The zero-order valence-corrected chi connectivity index (χ0v) is 17.2. The molecule has 1 heterocycles. The highest BCUT2D eigenvalue weighted by Crippen LogP contribution is 2.29. The van der Waals surface area contributed by atoms with Crippen molar-refractivity contribution in [2.24, 2.45) is 0 Å². The number of anilines is 1. The Kier molecular flexibility index (Phi) is 5.44. The molecule has 0 fully saturated rings. The Balaban J connectivity index is 1.96. The van der Waals surface area contributed by atoms with Gasteiger partial charge < -0.3 is 16.0 Å². The molecule has 0 aliphatic carbocycles. The lowest BCUT2D eigenvalue weighted by atomic mass is 9.95. The Bertz CT molecular complexity index is 906. The second kappa shape index (κ2) is 7.60. The number of hydrogen-bond donors (Lipinski definition) is 3. The standard InChI is InChI=1S/C20H20BrN3OS/c1-11-4-5-12(2)16(10-11)23-19(25)17-13(3)22-20(26)24-18(17)14-6-8-15(21)9-7-14/h4-10,18H,1-3H3,(H,23,25)(H2,22,24,26)/t18-/m0/s1. The van der Waals surface area contributed by atoms with Crippen molar-refractivity contribution in [3.8, 4) is 0 Å². The predicted molar refractivity (Wildman–Crippen MR) is 113 cm³/mol. The molecule has 26 heavy (non-hydrogen) atoms. The number of benzene rings is 2. The first kappa shape index (κ1) is 18.6. The van der Waals surface area contributed by atoms with Crippen molar-refractivity contribution in [3.63, 3.8) is 0 Å². The average Bonchev–Trinajstić information content (AvgIpc) is 2.58. The van der Waals surface area contributed by atoms with E-state index in [1.807, 2.05) is 63.2 Å². The summed E-state index contributed by atoms with van der Waals surface area (Å²) in [4.78, 5) is 13.1. The summed E-state index contributed by atoms with van der Waals surface area (Å²) in [6.45, 7) is 5.86. The fraction of sp³-hybridized carbons (Fsp3) is 0.200. The Morgan fingerprint density at radius 1 is 1.12 bits per heavy atom. The molecule has 0 spiro atoms. The summed E-state index contributed by atoms with van der Waals surface area (Å²) in [6, 6.07) is 13.6. The van der Waals surface area contributed by atoms with E-state index in [0.717, 1.165) is 32.5 Å². The van der Waals surface area contributed by atoms with Crippen molar-refractivity contribution in [2.45, 2.75) is 26.8 Å². The van der Waals surface area contributed by atoms with Gasteiger partial charge in [0.15, 0.2) is 5.11 Å². The summed E-state index contributed by atoms with van der Waals surface area (Å²) in [7, 11) is 0. The van der Waals surface area contributed by atoms with Crippen LogP contribution in [0, 0.1) is 13.8 Å². The van der Waals surface area contributed by atoms with Crippen LogP contribution in [-0.4, -0.2) is 11.0 Å². The summed E-state index contributed by atoms with van der Waals surface area (Å²) in [5.41, 5.74) is 5.30. The third-order valence-electron chi connectivity index (χ3n) is 4.36. The van der Waals surface area contributed by atoms with Gasteiger partial charge in [0.05, 0.1) is 11.6 Å². The number of amides is 1. The third-order valence-corrected chi connectivity index (χ3v) is 5.11. The van der Waals surface area contributed by atoms with Crippen LogP contribution in [0.2, 0.25) is 0 Å². The van der Waals surface area contributed by atoms with Crippen LogP contribution in [-0.2, 0) is 4.79 Å². The number of carbonyl (C=O) groups excluding carboxylic acids is 1. The van der Waals surface area contributed by atoms with Crippen LogP contribution in [0.25, 0.3) is 0 Å². The lowest BCUT2D eigenvalue weighted by Gasteiger charge is -2.30. The summed E-state index contributed by atoms with van der Waals surface area (Å²) >= 11 is 8.74. The fourth-order valence-electron chi connectivity index (χ4n) is 2.96. The third kappa shape index (κ3) is 3.97. The maximum Gasteiger partial charge on any atom is 0.255 e. The van der Waals surface area contributed by atoms with E-state index < -0.39 is 0 Å².